The summed E-state index contributed by atoms with van der Waals surface area (Å²) in [4.78, 5) is 24.7. The second-order valence-electron chi connectivity index (χ2n) is 5.96. The summed E-state index contributed by atoms with van der Waals surface area (Å²) in [5, 5.41) is 6.13. The standard InChI is InChI=1S/C18H21ClN2O3/c1-12(2)10-16(18(23)20-11-15-4-3-9-24-15)21-17(22)13-5-7-14(19)8-6-13/h3-9,12,16H,10-11H2,1-2H3,(H,20,23)(H,21,22). The first-order chi connectivity index (χ1) is 11.5. The zero-order valence-corrected chi connectivity index (χ0v) is 14.5. The summed E-state index contributed by atoms with van der Waals surface area (Å²) in [5.74, 6) is 0.387. The maximum atomic E-state index is 12.4. The van der Waals surface area contributed by atoms with Crippen LogP contribution in [0.25, 0.3) is 0 Å². The molecule has 2 N–H and O–H groups in total. The lowest BCUT2D eigenvalue weighted by molar-refractivity contribution is -0.123. The highest BCUT2D eigenvalue weighted by Crippen LogP contribution is 2.11. The largest absolute Gasteiger partial charge is 0.467 e. The Labute approximate surface area is 146 Å². The van der Waals surface area contributed by atoms with Crippen LogP contribution in [0.1, 0.15) is 36.4 Å². The van der Waals surface area contributed by atoms with Gasteiger partial charge in [-0.1, -0.05) is 25.4 Å². The third-order valence-electron chi connectivity index (χ3n) is 3.45. The molecule has 0 bridgehead atoms. The highest BCUT2D eigenvalue weighted by atomic mass is 35.5. The van der Waals surface area contributed by atoms with Gasteiger partial charge in [-0.3, -0.25) is 9.59 Å². The van der Waals surface area contributed by atoms with Crippen LogP contribution in [0.4, 0.5) is 0 Å². The summed E-state index contributed by atoms with van der Waals surface area (Å²) in [6.45, 7) is 4.29. The monoisotopic (exact) mass is 348 g/mol. The van der Waals surface area contributed by atoms with Crippen molar-refractivity contribution >= 4 is 23.4 Å². The van der Waals surface area contributed by atoms with Gasteiger partial charge in [0.1, 0.15) is 11.8 Å². The van der Waals surface area contributed by atoms with Gasteiger partial charge in [0.15, 0.2) is 0 Å². The third-order valence-corrected chi connectivity index (χ3v) is 3.70. The first-order valence-corrected chi connectivity index (χ1v) is 8.20. The quantitative estimate of drug-likeness (QED) is 0.805. The highest BCUT2D eigenvalue weighted by molar-refractivity contribution is 6.30. The molecule has 5 nitrogen and oxygen atoms in total. The van der Waals surface area contributed by atoms with Crippen LogP contribution in [0.5, 0.6) is 0 Å². The van der Waals surface area contributed by atoms with E-state index < -0.39 is 6.04 Å². The van der Waals surface area contributed by atoms with E-state index in [0.29, 0.717) is 22.8 Å². The third kappa shape index (κ3) is 5.42. The van der Waals surface area contributed by atoms with Crippen LogP contribution in [0.15, 0.2) is 47.1 Å². The molecule has 2 amide bonds. The molecule has 1 aromatic carbocycles. The van der Waals surface area contributed by atoms with Gasteiger partial charge in [-0.15, -0.1) is 0 Å². The number of carbonyl (C=O) groups is 2. The summed E-state index contributed by atoms with van der Waals surface area (Å²) in [5.41, 5.74) is 0.465. The van der Waals surface area contributed by atoms with Crippen LogP contribution >= 0.6 is 11.6 Å². The van der Waals surface area contributed by atoms with Crippen LogP contribution in [-0.2, 0) is 11.3 Å². The minimum atomic E-state index is -0.608. The molecule has 0 radical (unpaired) electrons. The Morgan fingerprint density at radius 3 is 2.46 bits per heavy atom. The number of amides is 2. The van der Waals surface area contributed by atoms with E-state index in [-0.39, 0.29) is 24.3 Å². The molecule has 128 valence electrons. The number of furan rings is 1. The van der Waals surface area contributed by atoms with Crippen molar-refractivity contribution in [3.05, 3.63) is 59.0 Å². The van der Waals surface area contributed by atoms with Gasteiger partial charge < -0.3 is 15.1 Å². The van der Waals surface area contributed by atoms with Gasteiger partial charge in [0, 0.05) is 10.6 Å². The van der Waals surface area contributed by atoms with Crippen molar-refractivity contribution < 1.29 is 14.0 Å². The number of benzene rings is 1. The van der Waals surface area contributed by atoms with Gasteiger partial charge in [0.2, 0.25) is 5.91 Å². The number of rotatable bonds is 7. The minimum Gasteiger partial charge on any atom is -0.467 e. The lowest BCUT2D eigenvalue weighted by Gasteiger charge is -2.20. The van der Waals surface area contributed by atoms with Gasteiger partial charge in [-0.2, -0.15) is 0 Å². The fraction of sp³-hybridized carbons (Fsp3) is 0.333. The Morgan fingerprint density at radius 1 is 1.17 bits per heavy atom. The maximum Gasteiger partial charge on any atom is 0.251 e. The topological polar surface area (TPSA) is 71.3 Å². The van der Waals surface area contributed by atoms with E-state index in [1.165, 1.54) is 0 Å². The molecule has 0 aliphatic rings. The zero-order valence-electron chi connectivity index (χ0n) is 13.7. The van der Waals surface area contributed by atoms with E-state index in [1.807, 2.05) is 13.8 Å². The molecule has 0 fully saturated rings. The summed E-state index contributed by atoms with van der Waals surface area (Å²) >= 11 is 5.83. The molecular formula is C18H21ClN2O3. The average molecular weight is 349 g/mol. The van der Waals surface area contributed by atoms with Crippen LogP contribution in [0.2, 0.25) is 5.02 Å². The van der Waals surface area contributed by atoms with Crippen LogP contribution in [0.3, 0.4) is 0 Å². The van der Waals surface area contributed by atoms with Gasteiger partial charge in [-0.05, 0) is 48.7 Å². The SMILES string of the molecule is CC(C)CC(NC(=O)c1ccc(Cl)cc1)C(=O)NCc1ccco1. The first kappa shape index (κ1) is 18.1. The van der Waals surface area contributed by atoms with Crippen molar-refractivity contribution in [1.82, 2.24) is 10.6 Å². The summed E-state index contributed by atoms with van der Waals surface area (Å²) < 4.78 is 5.19. The fourth-order valence-electron chi connectivity index (χ4n) is 2.26. The average Bonchev–Trinajstić information content (AvgIpc) is 3.05. The Hall–Kier alpha value is -2.27. The first-order valence-electron chi connectivity index (χ1n) is 7.82. The van der Waals surface area contributed by atoms with E-state index in [2.05, 4.69) is 10.6 Å². The van der Waals surface area contributed by atoms with Gasteiger partial charge in [-0.25, -0.2) is 0 Å². The second kappa shape index (κ2) is 8.55. The van der Waals surface area contributed by atoms with E-state index in [9.17, 15) is 9.59 Å². The predicted octanol–water partition coefficient (Wildman–Crippen LogP) is 3.39. The van der Waals surface area contributed by atoms with Crippen molar-refractivity contribution in [1.29, 1.82) is 0 Å². The van der Waals surface area contributed by atoms with E-state index in [0.717, 1.165) is 0 Å². The van der Waals surface area contributed by atoms with Gasteiger partial charge in [0.05, 0.1) is 12.8 Å². The molecule has 6 heteroatoms. The summed E-state index contributed by atoms with van der Waals surface area (Å²) in [6, 6.07) is 9.48. The van der Waals surface area contributed by atoms with E-state index in [1.54, 1.807) is 42.7 Å². The molecule has 1 unspecified atom stereocenters. The Kier molecular flexibility index (Phi) is 6.44. The normalized spacial score (nSPS) is 12.0. The number of nitrogens with one attached hydrogen (secondary N) is 2. The van der Waals surface area contributed by atoms with Crippen LogP contribution in [-0.4, -0.2) is 17.9 Å². The van der Waals surface area contributed by atoms with Crippen molar-refractivity contribution in [2.45, 2.75) is 32.9 Å². The number of hydrogen-bond acceptors (Lipinski definition) is 3. The van der Waals surface area contributed by atoms with Crippen LogP contribution < -0.4 is 10.6 Å². The Morgan fingerprint density at radius 2 is 1.88 bits per heavy atom. The minimum absolute atomic E-state index is 0.234. The lowest BCUT2D eigenvalue weighted by atomic mass is 10.0. The summed E-state index contributed by atoms with van der Waals surface area (Å²) in [7, 11) is 0. The molecule has 24 heavy (non-hydrogen) atoms. The molecule has 0 aliphatic carbocycles. The molecule has 1 atom stereocenters. The molecule has 1 aromatic heterocycles. The summed E-state index contributed by atoms with van der Waals surface area (Å²) in [6.07, 6.45) is 2.10. The molecule has 0 spiro atoms. The van der Waals surface area contributed by atoms with Crippen molar-refractivity contribution in [3.63, 3.8) is 0 Å². The smallest absolute Gasteiger partial charge is 0.251 e. The number of hydrogen-bond donors (Lipinski definition) is 2. The van der Waals surface area contributed by atoms with Crippen molar-refractivity contribution in [2.75, 3.05) is 0 Å². The molecule has 0 saturated heterocycles. The highest BCUT2D eigenvalue weighted by Gasteiger charge is 2.22. The van der Waals surface area contributed by atoms with E-state index >= 15 is 0 Å². The predicted molar refractivity (Wildman–Crippen MR) is 92.7 cm³/mol. The number of carbonyl (C=O) groups excluding carboxylic acids is 2. The Bertz CT molecular complexity index is 666. The molecular weight excluding hydrogens is 328 g/mol. The zero-order chi connectivity index (χ0) is 17.5. The molecule has 1 heterocycles. The van der Waals surface area contributed by atoms with Crippen LogP contribution in [0, 0.1) is 5.92 Å². The van der Waals surface area contributed by atoms with Gasteiger partial charge in [0.25, 0.3) is 5.91 Å². The van der Waals surface area contributed by atoms with Gasteiger partial charge >= 0.3 is 0 Å². The molecule has 2 aromatic rings. The van der Waals surface area contributed by atoms with Crippen molar-refractivity contribution in [2.24, 2.45) is 5.92 Å². The molecule has 0 saturated carbocycles. The Balaban J connectivity index is 1.99. The molecule has 0 aliphatic heterocycles. The molecule has 2 rings (SSSR count). The second-order valence-corrected chi connectivity index (χ2v) is 6.40. The fourth-order valence-corrected chi connectivity index (χ4v) is 2.38. The van der Waals surface area contributed by atoms with Crippen molar-refractivity contribution in [3.8, 4) is 0 Å². The lowest BCUT2D eigenvalue weighted by Crippen LogP contribution is -2.47. The van der Waals surface area contributed by atoms with E-state index in [4.69, 9.17) is 16.0 Å². The number of halogens is 1. The maximum absolute atomic E-state index is 12.4.